The fourth-order valence-corrected chi connectivity index (χ4v) is 2.17. The molecule has 0 aliphatic carbocycles. The van der Waals surface area contributed by atoms with Crippen LogP contribution in [0, 0.1) is 0 Å². The monoisotopic (exact) mass is 290 g/mol. The molecule has 0 saturated carbocycles. The highest BCUT2D eigenvalue weighted by Crippen LogP contribution is 2.19. The molecule has 0 aliphatic heterocycles. The van der Waals surface area contributed by atoms with Gasteiger partial charge in [0.2, 0.25) is 0 Å². The number of carbonyl (C=O) groups excluding carboxylic acids is 1. The summed E-state index contributed by atoms with van der Waals surface area (Å²) in [6.45, 7) is 0.462. The van der Waals surface area contributed by atoms with E-state index in [1.807, 2.05) is 6.07 Å². The van der Waals surface area contributed by atoms with Gasteiger partial charge in [0.15, 0.2) is 0 Å². The molecule has 0 radical (unpaired) electrons. The van der Waals surface area contributed by atoms with Crippen molar-refractivity contribution in [3.63, 3.8) is 0 Å². The third-order valence-electron chi connectivity index (χ3n) is 2.41. The standard InChI is InChI=1S/C13H14N4O2S/c14-17-13(18)10-3-1-2-4-11(10)19-7-8-20-12-5-6-15-9-16-12/h1-6,9H,7-8,14H2,(H,17,18). The van der Waals surface area contributed by atoms with Crippen LogP contribution in [-0.4, -0.2) is 28.2 Å². The largest absolute Gasteiger partial charge is 0.492 e. The summed E-state index contributed by atoms with van der Waals surface area (Å²) in [5.41, 5.74) is 2.52. The maximum absolute atomic E-state index is 11.6. The summed E-state index contributed by atoms with van der Waals surface area (Å²) < 4.78 is 5.60. The third kappa shape index (κ3) is 3.94. The normalized spacial score (nSPS) is 10.1. The first-order valence-corrected chi connectivity index (χ1v) is 6.91. The van der Waals surface area contributed by atoms with Gasteiger partial charge < -0.3 is 4.74 Å². The number of hydrogen-bond donors (Lipinski definition) is 2. The highest BCUT2D eigenvalue weighted by Gasteiger charge is 2.10. The summed E-state index contributed by atoms with van der Waals surface area (Å²) in [7, 11) is 0. The van der Waals surface area contributed by atoms with Crippen LogP contribution in [0.5, 0.6) is 5.75 Å². The number of aromatic nitrogens is 2. The van der Waals surface area contributed by atoms with Crippen molar-refractivity contribution in [2.24, 2.45) is 5.84 Å². The molecule has 20 heavy (non-hydrogen) atoms. The molecule has 0 saturated heterocycles. The molecule has 3 N–H and O–H groups in total. The lowest BCUT2D eigenvalue weighted by Gasteiger charge is -2.09. The Morgan fingerprint density at radius 2 is 2.20 bits per heavy atom. The summed E-state index contributed by atoms with van der Waals surface area (Å²) in [6.07, 6.45) is 3.20. The minimum absolute atomic E-state index is 0.371. The van der Waals surface area contributed by atoms with Gasteiger partial charge in [-0.2, -0.15) is 0 Å². The number of hydrazine groups is 1. The van der Waals surface area contributed by atoms with Gasteiger partial charge in [-0.05, 0) is 18.2 Å². The van der Waals surface area contributed by atoms with Crippen molar-refractivity contribution in [2.75, 3.05) is 12.4 Å². The number of benzene rings is 1. The van der Waals surface area contributed by atoms with E-state index in [2.05, 4.69) is 15.4 Å². The zero-order valence-corrected chi connectivity index (χ0v) is 11.5. The molecule has 0 unspecified atom stereocenters. The predicted octanol–water partition coefficient (Wildman–Crippen LogP) is 1.25. The van der Waals surface area contributed by atoms with Crippen molar-refractivity contribution in [1.29, 1.82) is 0 Å². The van der Waals surface area contributed by atoms with E-state index >= 15 is 0 Å². The van der Waals surface area contributed by atoms with Crippen LogP contribution in [0.2, 0.25) is 0 Å². The topological polar surface area (TPSA) is 90.1 Å². The second kappa shape index (κ2) is 7.46. The number of para-hydroxylation sites is 1. The van der Waals surface area contributed by atoms with Crippen LogP contribution in [0.15, 0.2) is 47.9 Å². The number of thioether (sulfide) groups is 1. The number of rotatable bonds is 6. The van der Waals surface area contributed by atoms with Crippen molar-refractivity contribution >= 4 is 17.7 Å². The Hall–Kier alpha value is -2.12. The molecule has 1 aromatic carbocycles. The van der Waals surface area contributed by atoms with E-state index in [0.29, 0.717) is 17.9 Å². The SMILES string of the molecule is NNC(=O)c1ccccc1OCCSc1ccncn1. The molecule has 1 aromatic heterocycles. The molecule has 7 heteroatoms. The number of nitrogens with two attached hydrogens (primary N) is 1. The quantitative estimate of drug-likeness (QED) is 0.208. The first-order chi connectivity index (χ1) is 9.81. The lowest BCUT2D eigenvalue weighted by molar-refractivity contribution is 0.0950. The lowest BCUT2D eigenvalue weighted by Crippen LogP contribution is -2.30. The highest BCUT2D eigenvalue weighted by molar-refractivity contribution is 7.99. The van der Waals surface area contributed by atoms with Gasteiger partial charge in [0.25, 0.3) is 5.91 Å². The van der Waals surface area contributed by atoms with Crippen LogP contribution in [0.4, 0.5) is 0 Å². The van der Waals surface area contributed by atoms with Crippen LogP contribution in [0.1, 0.15) is 10.4 Å². The Morgan fingerprint density at radius 3 is 2.95 bits per heavy atom. The van der Waals surface area contributed by atoms with Gasteiger partial charge in [0.1, 0.15) is 12.1 Å². The molecule has 2 rings (SSSR count). The molecule has 2 aromatic rings. The van der Waals surface area contributed by atoms with Crippen molar-refractivity contribution in [1.82, 2.24) is 15.4 Å². The molecule has 1 heterocycles. The predicted molar refractivity (Wildman–Crippen MR) is 76.3 cm³/mol. The average Bonchev–Trinajstić information content (AvgIpc) is 2.52. The van der Waals surface area contributed by atoms with E-state index in [1.165, 1.54) is 6.33 Å². The van der Waals surface area contributed by atoms with Crippen molar-refractivity contribution < 1.29 is 9.53 Å². The van der Waals surface area contributed by atoms with E-state index in [1.54, 1.807) is 42.2 Å². The van der Waals surface area contributed by atoms with Crippen molar-refractivity contribution in [3.8, 4) is 5.75 Å². The average molecular weight is 290 g/mol. The molecule has 0 spiro atoms. The molecule has 0 fully saturated rings. The molecule has 0 bridgehead atoms. The fraction of sp³-hybridized carbons (Fsp3) is 0.154. The molecular weight excluding hydrogens is 276 g/mol. The molecule has 0 atom stereocenters. The number of nitrogens with zero attached hydrogens (tertiary/aromatic N) is 2. The highest BCUT2D eigenvalue weighted by atomic mass is 32.2. The number of amides is 1. The molecule has 1 amide bonds. The van der Waals surface area contributed by atoms with Crippen LogP contribution in [0.3, 0.4) is 0 Å². The Morgan fingerprint density at radius 1 is 1.35 bits per heavy atom. The molecule has 0 aliphatic rings. The fourth-order valence-electron chi connectivity index (χ4n) is 1.52. The minimum Gasteiger partial charge on any atom is -0.492 e. The van der Waals surface area contributed by atoms with Gasteiger partial charge in [-0.3, -0.25) is 10.2 Å². The smallest absolute Gasteiger partial charge is 0.268 e. The molecular formula is C13H14N4O2S. The van der Waals surface area contributed by atoms with Gasteiger partial charge in [-0.1, -0.05) is 12.1 Å². The first kappa shape index (κ1) is 14.3. The zero-order chi connectivity index (χ0) is 14.2. The number of ether oxygens (including phenoxy) is 1. The molecule has 6 nitrogen and oxygen atoms in total. The summed E-state index contributed by atoms with van der Waals surface area (Å²) in [4.78, 5) is 19.5. The van der Waals surface area contributed by atoms with Crippen LogP contribution in [-0.2, 0) is 0 Å². The minimum atomic E-state index is -0.371. The molecule has 104 valence electrons. The summed E-state index contributed by atoms with van der Waals surface area (Å²) in [5.74, 6) is 5.99. The Kier molecular flexibility index (Phi) is 5.33. The maximum Gasteiger partial charge on any atom is 0.268 e. The number of nitrogen functional groups attached to an aromatic ring is 1. The Bertz CT molecular complexity index is 565. The van der Waals surface area contributed by atoms with E-state index in [9.17, 15) is 4.79 Å². The first-order valence-electron chi connectivity index (χ1n) is 5.93. The third-order valence-corrected chi connectivity index (χ3v) is 3.32. The maximum atomic E-state index is 11.6. The van der Waals surface area contributed by atoms with E-state index in [4.69, 9.17) is 10.6 Å². The summed E-state index contributed by atoms with van der Waals surface area (Å²) in [5, 5.41) is 0.886. The summed E-state index contributed by atoms with van der Waals surface area (Å²) in [6, 6.07) is 8.79. The van der Waals surface area contributed by atoms with Crippen LogP contribution >= 0.6 is 11.8 Å². The zero-order valence-electron chi connectivity index (χ0n) is 10.7. The van der Waals surface area contributed by atoms with E-state index < -0.39 is 0 Å². The number of carbonyl (C=O) groups is 1. The second-order valence-electron chi connectivity index (χ2n) is 3.71. The van der Waals surface area contributed by atoms with Crippen molar-refractivity contribution in [3.05, 3.63) is 48.4 Å². The van der Waals surface area contributed by atoms with Gasteiger partial charge >= 0.3 is 0 Å². The number of hydrogen-bond acceptors (Lipinski definition) is 6. The Labute approximate surface area is 120 Å². The Balaban J connectivity index is 1.87. The van der Waals surface area contributed by atoms with Crippen LogP contribution in [0.25, 0.3) is 0 Å². The van der Waals surface area contributed by atoms with Gasteiger partial charge in [-0.25, -0.2) is 15.8 Å². The number of nitrogens with one attached hydrogen (secondary N) is 1. The van der Waals surface area contributed by atoms with Gasteiger partial charge in [0, 0.05) is 11.9 Å². The van der Waals surface area contributed by atoms with Crippen molar-refractivity contribution in [2.45, 2.75) is 5.03 Å². The van der Waals surface area contributed by atoms with E-state index in [0.717, 1.165) is 10.8 Å². The van der Waals surface area contributed by atoms with E-state index in [-0.39, 0.29) is 5.91 Å². The lowest BCUT2D eigenvalue weighted by atomic mass is 10.2. The van der Waals surface area contributed by atoms with Gasteiger partial charge in [0.05, 0.1) is 17.2 Å². The van der Waals surface area contributed by atoms with Crippen LogP contribution < -0.4 is 16.0 Å². The van der Waals surface area contributed by atoms with Gasteiger partial charge in [-0.15, -0.1) is 11.8 Å². The second-order valence-corrected chi connectivity index (χ2v) is 4.83. The summed E-state index contributed by atoms with van der Waals surface area (Å²) >= 11 is 1.56.